The second kappa shape index (κ2) is 6.30. The minimum absolute atomic E-state index is 0.350. The lowest BCUT2D eigenvalue weighted by atomic mass is 9.87. The molecule has 20 heavy (non-hydrogen) atoms. The van der Waals surface area contributed by atoms with Gasteiger partial charge in [-0.3, -0.25) is 0 Å². The quantitative estimate of drug-likeness (QED) is 0.837. The van der Waals surface area contributed by atoms with Crippen LogP contribution >= 0.6 is 0 Å². The highest BCUT2D eigenvalue weighted by Crippen LogP contribution is 2.29. The normalized spacial score (nSPS) is 19.2. The third-order valence-corrected chi connectivity index (χ3v) is 5.96. The van der Waals surface area contributed by atoms with E-state index in [1.807, 2.05) is 13.8 Å². The van der Waals surface area contributed by atoms with Crippen molar-refractivity contribution in [3.8, 4) is 0 Å². The number of ether oxygens (including phenoxy) is 1. The van der Waals surface area contributed by atoms with Crippen molar-refractivity contribution in [2.45, 2.75) is 57.8 Å². The molecule has 0 aromatic carbocycles. The van der Waals surface area contributed by atoms with Crippen LogP contribution in [0.3, 0.4) is 0 Å². The molecule has 0 aliphatic carbocycles. The standard InChI is InChI=1S/C13H26N2O4S/c1-10(2)20(17,18)15-7-5-11(6-8-15)9-13(3,4)19-12(14)16/h10-11H,5-9H2,1-4H3,(H2,14,16). The molecule has 1 amide bonds. The van der Waals surface area contributed by atoms with E-state index < -0.39 is 21.7 Å². The van der Waals surface area contributed by atoms with E-state index in [2.05, 4.69) is 0 Å². The van der Waals surface area contributed by atoms with Crippen molar-refractivity contribution in [2.75, 3.05) is 13.1 Å². The number of carbonyl (C=O) groups is 1. The van der Waals surface area contributed by atoms with E-state index in [4.69, 9.17) is 10.5 Å². The molecular formula is C13H26N2O4S. The Morgan fingerprint density at radius 1 is 1.35 bits per heavy atom. The summed E-state index contributed by atoms with van der Waals surface area (Å²) in [6.07, 6.45) is 1.51. The summed E-state index contributed by atoms with van der Waals surface area (Å²) >= 11 is 0. The lowest BCUT2D eigenvalue weighted by Gasteiger charge is -2.35. The highest BCUT2D eigenvalue weighted by atomic mass is 32.2. The van der Waals surface area contributed by atoms with E-state index in [0.717, 1.165) is 12.8 Å². The Bertz CT molecular complexity index is 437. The number of primary amides is 1. The predicted octanol–water partition coefficient (Wildman–Crippen LogP) is 1.70. The van der Waals surface area contributed by atoms with Gasteiger partial charge in [0.1, 0.15) is 5.60 Å². The van der Waals surface area contributed by atoms with Gasteiger partial charge in [-0.05, 0) is 52.9 Å². The van der Waals surface area contributed by atoms with Gasteiger partial charge >= 0.3 is 6.09 Å². The van der Waals surface area contributed by atoms with Crippen molar-refractivity contribution >= 4 is 16.1 Å². The molecule has 2 N–H and O–H groups in total. The highest BCUT2D eigenvalue weighted by molar-refractivity contribution is 7.89. The summed E-state index contributed by atoms with van der Waals surface area (Å²) in [5, 5.41) is -0.381. The van der Waals surface area contributed by atoms with Crippen molar-refractivity contribution in [3.63, 3.8) is 0 Å². The van der Waals surface area contributed by atoms with Crippen LogP contribution in [0, 0.1) is 5.92 Å². The zero-order chi connectivity index (χ0) is 15.6. The summed E-state index contributed by atoms with van der Waals surface area (Å²) in [5.41, 5.74) is 4.45. The highest BCUT2D eigenvalue weighted by Gasteiger charge is 2.33. The van der Waals surface area contributed by atoms with E-state index in [-0.39, 0.29) is 5.25 Å². The second-order valence-corrected chi connectivity index (χ2v) is 8.81. The zero-order valence-electron chi connectivity index (χ0n) is 12.8. The molecule has 0 saturated carbocycles. The topological polar surface area (TPSA) is 89.7 Å². The van der Waals surface area contributed by atoms with E-state index in [0.29, 0.717) is 25.4 Å². The van der Waals surface area contributed by atoms with Crippen LogP contribution in [0.5, 0.6) is 0 Å². The van der Waals surface area contributed by atoms with Crippen LogP contribution in [-0.4, -0.2) is 42.8 Å². The monoisotopic (exact) mass is 306 g/mol. The van der Waals surface area contributed by atoms with Crippen LogP contribution in [0.2, 0.25) is 0 Å². The predicted molar refractivity (Wildman–Crippen MR) is 77.7 cm³/mol. The SMILES string of the molecule is CC(C)S(=O)(=O)N1CCC(CC(C)(C)OC(N)=O)CC1. The minimum Gasteiger partial charge on any atom is -0.444 e. The van der Waals surface area contributed by atoms with E-state index >= 15 is 0 Å². The number of amides is 1. The van der Waals surface area contributed by atoms with Crippen LogP contribution in [0.4, 0.5) is 4.79 Å². The number of nitrogens with zero attached hydrogens (tertiary/aromatic N) is 1. The summed E-state index contributed by atoms with van der Waals surface area (Å²) in [5.74, 6) is 0.350. The smallest absolute Gasteiger partial charge is 0.405 e. The van der Waals surface area contributed by atoms with Gasteiger partial charge in [-0.25, -0.2) is 17.5 Å². The lowest BCUT2D eigenvalue weighted by molar-refractivity contribution is 0.0205. The first-order valence-electron chi connectivity index (χ1n) is 7.02. The Morgan fingerprint density at radius 3 is 2.25 bits per heavy atom. The Morgan fingerprint density at radius 2 is 1.85 bits per heavy atom. The van der Waals surface area contributed by atoms with Gasteiger partial charge in [-0.1, -0.05) is 0 Å². The Hall–Kier alpha value is -0.820. The summed E-state index contributed by atoms with van der Waals surface area (Å²) in [7, 11) is -3.16. The van der Waals surface area contributed by atoms with Crippen molar-refractivity contribution in [2.24, 2.45) is 11.7 Å². The van der Waals surface area contributed by atoms with Crippen LogP contribution in [0.1, 0.15) is 47.0 Å². The number of piperidine rings is 1. The number of rotatable bonds is 5. The summed E-state index contributed by atoms with van der Waals surface area (Å²) < 4.78 is 30.8. The van der Waals surface area contributed by atoms with Gasteiger partial charge in [0.05, 0.1) is 5.25 Å². The summed E-state index contributed by atoms with van der Waals surface area (Å²) in [4.78, 5) is 10.8. The third-order valence-electron chi connectivity index (χ3n) is 3.69. The van der Waals surface area contributed by atoms with E-state index in [9.17, 15) is 13.2 Å². The Balaban J connectivity index is 2.53. The maximum absolute atomic E-state index is 12.1. The molecule has 0 unspecified atom stereocenters. The molecule has 0 spiro atoms. The number of carbonyl (C=O) groups excluding carboxylic acids is 1. The molecule has 0 aromatic heterocycles. The molecule has 1 rings (SSSR count). The van der Waals surface area contributed by atoms with Crippen molar-refractivity contribution in [3.05, 3.63) is 0 Å². The van der Waals surface area contributed by atoms with Crippen molar-refractivity contribution in [1.82, 2.24) is 4.31 Å². The molecule has 0 bridgehead atoms. The van der Waals surface area contributed by atoms with E-state index in [1.165, 1.54) is 0 Å². The number of nitrogens with two attached hydrogens (primary N) is 1. The molecule has 0 radical (unpaired) electrons. The Labute approximate surface area is 121 Å². The molecule has 118 valence electrons. The average molecular weight is 306 g/mol. The molecule has 1 saturated heterocycles. The number of hydrogen-bond acceptors (Lipinski definition) is 4. The summed E-state index contributed by atoms with van der Waals surface area (Å²) in [6.45, 7) is 8.14. The second-order valence-electron chi connectivity index (χ2n) is 6.32. The molecule has 1 aliphatic rings. The zero-order valence-corrected chi connectivity index (χ0v) is 13.6. The summed E-state index contributed by atoms with van der Waals surface area (Å²) in [6, 6.07) is 0. The van der Waals surface area contributed by atoms with Crippen LogP contribution in [-0.2, 0) is 14.8 Å². The lowest BCUT2D eigenvalue weighted by Crippen LogP contribution is -2.43. The van der Waals surface area contributed by atoms with Crippen LogP contribution < -0.4 is 5.73 Å². The molecule has 6 nitrogen and oxygen atoms in total. The average Bonchev–Trinajstić information content (AvgIpc) is 2.26. The fourth-order valence-corrected chi connectivity index (χ4v) is 3.99. The molecule has 1 aliphatic heterocycles. The number of sulfonamides is 1. The van der Waals surface area contributed by atoms with Crippen molar-refractivity contribution < 1.29 is 17.9 Å². The van der Waals surface area contributed by atoms with Crippen LogP contribution in [0.25, 0.3) is 0 Å². The van der Waals surface area contributed by atoms with Gasteiger partial charge < -0.3 is 10.5 Å². The molecule has 7 heteroatoms. The first-order valence-corrected chi connectivity index (χ1v) is 8.52. The molecule has 1 heterocycles. The third kappa shape index (κ3) is 4.63. The molecular weight excluding hydrogens is 280 g/mol. The molecule has 1 fully saturated rings. The largest absolute Gasteiger partial charge is 0.444 e. The maximum Gasteiger partial charge on any atom is 0.405 e. The minimum atomic E-state index is -3.16. The van der Waals surface area contributed by atoms with E-state index in [1.54, 1.807) is 18.2 Å². The Kier molecular flexibility index (Phi) is 5.43. The van der Waals surface area contributed by atoms with Gasteiger partial charge in [-0.2, -0.15) is 0 Å². The van der Waals surface area contributed by atoms with Gasteiger partial charge in [0.25, 0.3) is 0 Å². The van der Waals surface area contributed by atoms with Gasteiger partial charge in [0.2, 0.25) is 10.0 Å². The van der Waals surface area contributed by atoms with Crippen molar-refractivity contribution in [1.29, 1.82) is 0 Å². The fraction of sp³-hybridized carbons (Fsp3) is 0.923. The van der Waals surface area contributed by atoms with Gasteiger partial charge in [0, 0.05) is 13.1 Å². The fourth-order valence-electron chi connectivity index (χ4n) is 2.68. The van der Waals surface area contributed by atoms with Crippen LogP contribution in [0.15, 0.2) is 0 Å². The van der Waals surface area contributed by atoms with Gasteiger partial charge in [-0.15, -0.1) is 0 Å². The number of hydrogen-bond donors (Lipinski definition) is 1. The van der Waals surface area contributed by atoms with Gasteiger partial charge in [0.15, 0.2) is 0 Å². The first-order chi connectivity index (χ1) is 9.04. The maximum atomic E-state index is 12.1. The molecule has 0 aromatic rings. The molecule has 0 atom stereocenters. The first kappa shape index (κ1) is 17.2.